The van der Waals surface area contributed by atoms with E-state index in [1.807, 2.05) is 30.3 Å². The Hall–Kier alpha value is -1.70. The summed E-state index contributed by atoms with van der Waals surface area (Å²) in [7, 11) is -1.86. The minimum absolute atomic E-state index is 0.284. The number of hydrogen-bond donors (Lipinski definition) is 1. The van der Waals surface area contributed by atoms with Crippen LogP contribution in [0.15, 0.2) is 35.2 Å². The molecule has 0 saturated heterocycles. The third-order valence-electron chi connectivity index (χ3n) is 3.91. The van der Waals surface area contributed by atoms with E-state index in [1.165, 1.54) is 4.31 Å². The second-order valence-corrected chi connectivity index (χ2v) is 7.43. The average molecular weight is 336 g/mol. The molecule has 0 atom stereocenters. The zero-order valence-corrected chi connectivity index (χ0v) is 14.7. The second-order valence-electron chi connectivity index (χ2n) is 5.55. The molecular formula is C16H24N4O2S. The zero-order chi connectivity index (χ0) is 17.0. The maximum absolute atomic E-state index is 13.0. The molecule has 0 saturated carbocycles. The van der Waals surface area contributed by atoms with E-state index in [4.69, 9.17) is 5.73 Å². The monoisotopic (exact) mass is 336 g/mol. The molecule has 0 aliphatic heterocycles. The number of nitrogens with two attached hydrogens (primary N) is 1. The highest BCUT2D eigenvalue weighted by molar-refractivity contribution is 7.89. The van der Waals surface area contributed by atoms with Gasteiger partial charge in [-0.05, 0) is 25.8 Å². The van der Waals surface area contributed by atoms with Crippen LogP contribution in [0.5, 0.6) is 0 Å². The van der Waals surface area contributed by atoms with E-state index in [9.17, 15) is 8.42 Å². The van der Waals surface area contributed by atoms with Crippen molar-refractivity contribution in [3.05, 3.63) is 47.3 Å². The van der Waals surface area contributed by atoms with Gasteiger partial charge in [-0.3, -0.25) is 4.68 Å². The molecular weight excluding hydrogens is 312 g/mol. The molecule has 1 aromatic heterocycles. The van der Waals surface area contributed by atoms with E-state index in [0.29, 0.717) is 35.8 Å². The molecule has 2 N–H and O–H groups in total. The zero-order valence-electron chi connectivity index (χ0n) is 13.9. The molecule has 23 heavy (non-hydrogen) atoms. The van der Waals surface area contributed by atoms with Gasteiger partial charge in [0.2, 0.25) is 10.0 Å². The van der Waals surface area contributed by atoms with E-state index in [1.54, 1.807) is 25.6 Å². The summed E-state index contributed by atoms with van der Waals surface area (Å²) in [5, 5.41) is 4.22. The van der Waals surface area contributed by atoms with Crippen molar-refractivity contribution >= 4 is 10.0 Å². The van der Waals surface area contributed by atoms with Gasteiger partial charge in [-0.1, -0.05) is 30.3 Å². The fourth-order valence-electron chi connectivity index (χ4n) is 2.65. The maximum atomic E-state index is 13.0. The predicted octanol–water partition coefficient (Wildman–Crippen LogP) is 1.23. The first-order chi connectivity index (χ1) is 10.9. The van der Waals surface area contributed by atoms with Crippen molar-refractivity contribution in [3.8, 4) is 0 Å². The first-order valence-corrected chi connectivity index (χ1v) is 9.06. The summed E-state index contributed by atoms with van der Waals surface area (Å²) >= 11 is 0. The van der Waals surface area contributed by atoms with E-state index in [-0.39, 0.29) is 6.54 Å². The Balaban J connectivity index is 2.28. The van der Waals surface area contributed by atoms with Crippen molar-refractivity contribution in [3.63, 3.8) is 0 Å². The van der Waals surface area contributed by atoms with E-state index in [0.717, 1.165) is 5.56 Å². The van der Waals surface area contributed by atoms with Gasteiger partial charge in [0.25, 0.3) is 0 Å². The van der Waals surface area contributed by atoms with Gasteiger partial charge in [-0.15, -0.1) is 0 Å². The summed E-state index contributed by atoms with van der Waals surface area (Å²) < 4.78 is 29.1. The molecule has 0 aliphatic rings. The molecule has 0 amide bonds. The molecule has 7 heteroatoms. The van der Waals surface area contributed by atoms with Crippen LogP contribution in [0.4, 0.5) is 0 Å². The molecule has 1 heterocycles. The number of benzene rings is 1. The Morgan fingerprint density at radius 2 is 1.83 bits per heavy atom. The van der Waals surface area contributed by atoms with Gasteiger partial charge in [0.15, 0.2) is 0 Å². The fourth-order valence-corrected chi connectivity index (χ4v) is 4.51. The largest absolute Gasteiger partial charge is 0.329 e. The van der Waals surface area contributed by atoms with Crippen molar-refractivity contribution in [1.82, 2.24) is 14.1 Å². The Bertz CT molecular complexity index is 754. The lowest BCUT2D eigenvalue weighted by Crippen LogP contribution is -2.37. The van der Waals surface area contributed by atoms with Crippen molar-refractivity contribution in [2.75, 3.05) is 19.6 Å². The lowest BCUT2D eigenvalue weighted by Gasteiger charge is -2.21. The van der Waals surface area contributed by atoms with Gasteiger partial charge in [-0.25, -0.2) is 8.42 Å². The summed E-state index contributed by atoms with van der Waals surface area (Å²) in [6, 6.07) is 9.83. The van der Waals surface area contributed by atoms with Crippen LogP contribution in [-0.2, 0) is 23.5 Å². The third kappa shape index (κ3) is 3.80. The molecule has 1 aromatic carbocycles. The molecule has 6 nitrogen and oxygen atoms in total. The molecule has 2 aromatic rings. The van der Waals surface area contributed by atoms with Crippen LogP contribution < -0.4 is 5.73 Å². The van der Waals surface area contributed by atoms with Crippen LogP contribution in [0.1, 0.15) is 17.0 Å². The van der Waals surface area contributed by atoms with Gasteiger partial charge in [-0.2, -0.15) is 9.40 Å². The molecule has 0 aliphatic carbocycles. The highest BCUT2D eigenvalue weighted by Gasteiger charge is 2.29. The number of aromatic nitrogens is 2. The highest BCUT2D eigenvalue weighted by Crippen LogP contribution is 2.23. The van der Waals surface area contributed by atoms with E-state index < -0.39 is 10.0 Å². The van der Waals surface area contributed by atoms with Crippen LogP contribution in [0.3, 0.4) is 0 Å². The molecule has 0 unspecified atom stereocenters. The number of nitrogens with zero attached hydrogens (tertiary/aromatic N) is 3. The minimum atomic E-state index is -3.60. The lowest BCUT2D eigenvalue weighted by atomic mass is 10.1. The first kappa shape index (κ1) is 17.7. The standard InChI is InChI=1S/C16H24N4O2S/c1-13-16(14(2)19(3)18-13)23(21,22)20(12-10-17)11-9-15-7-5-4-6-8-15/h4-8H,9-12,17H2,1-3H3. The maximum Gasteiger partial charge on any atom is 0.246 e. The van der Waals surface area contributed by atoms with Crippen molar-refractivity contribution in [1.29, 1.82) is 0 Å². The van der Waals surface area contributed by atoms with Crippen LogP contribution in [-0.4, -0.2) is 42.1 Å². The second kappa shape index (κ2) is 7.25. The van der Waals surface area contributed by atoms with Crippen molar-refractivity contribution in [2.24, 2.45) is 12.8 Å². The van der Waals surface area contributed by atoms with Gasteiger partial charge < -0.3 is 5.73 Å². The number of rotatable bonds is 7. The Morgan fingerprint density at radius 1 is 1.17 bits per heavy atom. The molecule has 0 spiro atoms. The Labute approximate surface area is 138 Å². The molecule has 0 radical (unpaired) electrons. The van der Waals surface area contributed by atoms with Crippen LogP contribution in [0.2, 0.25) is 0 Å². The van der Waals surface area contributed by atoms with Crippen molar-refractivity contribution in [2.45, 2.75) is 25.2 Å². The quantitative estimate of drug-likeness (QED) is 0.824. The summed E-state index contributed by atoms with van der Waals surface area (Å²) in [6.45, 7) is 4.47. The van der Waals surface area contributed by atoms with E-state index in [2.05, 4.69) is 5.10 Å². The number of sulfonamides is 1. The third-order valence-corrected chi connectivity index (χ3v) is 6.06. The normalized spacial score (nSPS) is 12.0. The topological polar surface area (TPSA) is 81.2 Å². The SMILES string of the molecule is Cc1nn(C)c(C)c1S(=O)(=O)N(CCN)CCc1ccccc1. The van der Waals surface area contributed by atoms with Gasteiger partial charge >= 0.3 is 0 Å². The Kier molecular flexibility index (Phi) is 5.56. The molecule has 2 rings (SSSR count). The minimum Gasteiger partial charge on any atom is -0.329 e. The smallest absolute Gasteiger partial charge is 0.246 e. The Morgan fingerprint density at radius 3 is 2.35 bits per heavy atom. The molecule has 0 bridgehead atoms. The first-order valence-electron chi connectivity index (χ1n) is 7.62. The molecule has 0 fully saturated rings. The van der Waals surface area contributed by atoms with Crippen LogP contribution in [0.25, 0.3) is 0 Å². The summed E-state index contributed by atoms with van der Waals surface area (Å²) in [4.78, 5) is 0.293. The van der Waals surface area contributed by atoms with Gasteiger partial charge in [0.05, 0.1) is 11.4 Å². The lowest BCUT2D eigenvalue weighted by molar-refractivity contribution is 0.421. The van der Waals surface area contributed by atoms with Gasteiger partial charge in [0, 0.05) is 26.7 Å². The fraction of sp³-hybridized carbons (Fsp3) is 0.438. The van der Waals surface area contributed by atoms with Crippen molar-refractivity contribution < 1.29 is 8.42 Å². The summed E-state index contributed by atoms with van der Waals surface area (Å²) in [5.41, 5.74) is 7.89. The van der Waals surface area contributed by atoms with E-state index >= 15 is 0 Å². The van der Waals surface area contributed by atoms with Gasteiger partial charge in [0.1, 0.15) is 4.90 Å². The molecule has 126 valence electrons. The average Bonchev–Trinajstić information content (AvgIpc) is 2.77. The summed E-state index contributed by atoms with van der Waals surface area (Å²) in [5.74, 6) is 0. The predicted molar refractivity (Wildman–Crippen MR) is 90.6 cm³/mol. The highest BCUT2D eigenvalue weighted by atomic mass is 32.2. The van der Waals surface area contributed by atoms with Crippen LogP contribution >= 0.6 is 0 Å². The number of hydrogen-bond acceptors (Lipinski definition) is 4. The van der Waals surface area contributed by atoms with Crippen LogP contribution in [0, 0.1) is 13.8 Å². The summed E-state index contributed by atoms with van der Waals surface area (Å²) in [6.07, 6.45) is 0.651. The number of aryl methyl sites for hydroxylation is 2.